The molecule has 1 atom stereocenters. The molecule has 3 heteroatoms. The van der Waals surface area contributed by atoms with Crippen LogP contribution in [0.25, 0.3) is 0 Å². The van der Waals surface area contributed by atoms with Crippen LogP contribution in [0.4, 0.5) is 0 Å². The van der Waals surface area contributed by atoms with Crippen LogP contribution in [0.2, 0.25) is 0 Å². The van der Waals surface area contributed by atoms with Gasteiger partial charge in [-0.05, 0) is 18.6 Å². The Kier molecular flexibility index (Phi) is 3.12. The third kappa shape index (κ3) is 2.50. The predicted octanol–water partition coefficient (Wildman–Crippen LogP) is 2.45. The second-order valence-corrected chi connectivity index (χ2v) is 3.93. The van der Waals surface area contributed by atoms with Crippen LogP contribution in [0.3, 0.4) is 0 Å². The van der Waals surface area contributed by atoms with Crippen LogP contribution < -0.4 is 0 Å². The Hall–Kier alpha value is -0.540. The average Bonchev–Trinajstić information content (AvgIpc) is 2.34. The minimum Gasteiger partial charge on any atom is -0.389 e. The maximum absolute atomic E-state index is 9.22. The highest BCUT2D eigenvalue weighted by Gasteiger charge is 2.02. The topological polar surface area (TPSA) is 25.2 Å². The molecule has 0 amide bonds. The average molecular weight is 230 g/mol. The van der Waals surface area contributed by atoms with Crippen molar-refractivity contribution in [2.24, 2.45) is 0 Å². The van der Waals surface area contributed by atoms with Gasteiger partial charge in [0.25, 0.3) is 0 Å². The Balaban J connectivity index is 2.70. The van der Waals surface area contributed by atoms with E-state index >= 15 is 0 Å². The zero-order valence-electron chi connectivity index (χ0n) is 7.00. The molecular weight excluding hydrogens is 218 g/mol. The van der Waals surface area contributed by atoms with Crippen LogP contribution in [-0.4, -0.2) is 9.67 Å². The SMILES string of the molecule is C=C(Br)Cn1ccc(C(C)O)c1. The highest BCUT2D eigenvalue weighted by Crippen LogP contribution is 2.13. The van der Waals surface area contributed by atoms with Crippen molar-refractivity contribution in [2.75, 3.05) is 0 Å². The van der Waals surface area contributed by atoms with Gasteiger partial charge in [-0.25, -0.2) is 0 Å². The zero-order valence-corrected chi connectivity index (χ0v) is 8.58. The van der Waals surface area contributed by atoms with Crippen molar-refractivity contribution in [3.8, 4) is 0 Å². The lowest BCUT2D eigenvalue weighted by Crippen LogP contribution is -1.93. The van der Waals surface area contributed by atoms with Gasteiger partial charge >= 0.3 is 0 Å². The number of aliphatic hydroxyl groups excluding tert-OH is 1. The van der Waals surface area contributed by atoms with Crippen molar-refractivity contribution in [3.05, 3.63) is 35.1 Å². The minimum absolute atomic E-state index is 0.394. The molecular formula is C9H12BrNO. The molecule has 0 aliphatic carbocycles. The highest BCUT2D eigenvalue weighted by atomic mass is 79.9. The normalized spacial score (nSPS) is 12.9. The van der Waals surface area contributed by atoms with Crippen molar-refractivity contribution in [2.45, 2.75) is 19.6 Å². The van der Waals surface area contributed by atoms with Crippen molar-refractivity contribution < 1.29 is 5.11 Å². The highest BCUT2D eigenvalue weighted by molar-refractivity contribution is 9.11. The van der Waals surface area contributed by atoms with Crippen molar-refractivity contribution in [3.63, 3.8) is 0 Å². The zero-order chi connectivity index (χ0) is 9.14. The molecule has 0 aliphatic heterocycles. The Morgan fingerprint density at radius 3 is 2.92 bits per heavy atom. The quantitative estimate of drug-likeness (QED) is 0.847. The lowest BCUT2D eigenvalue weighted by Gasteiger charge is -2.00. The molecule has 2 nitrogen and oxygen atoms in total. The van der Waals surface area contributed by atoms with Crippen molar-refractivity contribution in [1.82, 2.24) is 4.57 Å². The summed E-state index contributed by atoms with van der Waals surface area (Å²) in [6, 6.07) is 1.90. The lowest BCUT2D eigenvalue weighted by atomic mass is 10.2. The molecule has 1 heterocycles. The van der Waals surface area contributed by atoms with E-state index in [2.05, 4.69) is 22.5 Å². The molecule has 0 radical (unpaired) electrons. The summed E-state index contributed by atoms with van der Waals surface area (Å²) < 4.78 is 2.90. The number of aromatic nitrogens is 1. The molecule has 1 aromatic rings. The fourth-order valence-corrected chi connectivity index (χ4v) is 1.29. The minimum atomic E-state index is -0.394. The summed E-state index contributed by atoms with van der Waals surface area (Å²) in [7, 11) is 0. The number of nitrogens with zero attached hydrogens (tertiary/aromatic N) is 1. The smallest absolute Gasteiger partial charge is 0.0776 e. The maximum Gasteiger partial charge on any atom is 0.0776 e. The molecule has 12 heavy (non-hydrogen) atoms. The van der Waals surface area contributed by atoms with E-state index in [1.165, 1.54) is 0 Å². The Morgan fingerprint density at radius 2 is 2.50 bits per heavy atom. The first-order valence-electron chi connectivity index (χ1n) is 3.76. The summed E-state index contributed by atoms with van der Waals surface area (Å²) in [6.07, 6.45) is 3.45. The van der Waals surface area contributed by atoms with Crippen LogP contribution in [0.1, 0.15) is 18.6 Å². The van der Waals surface area contributed by atoms with E-state index in [-0.39, 0.29) is 0 Å². The number of hydrogen-bond acceptors (Lipinski definition) is 1. The Morgan fingerprint density at radius 1 is 1.83 bits per heavy atom. The van der Waals surface area contributed by atoms with E-state index in [4.69, 9.17) is 0 Å². The third-order valence-corrected chi connectivity index (χ3v) is 1.86. The molecule has 0 bridgehead atoms. The molecule has 1 unspecified atom stereocenters. The van der Waals surface area contributed by atoms with Crippen LogP contribution in [0.5, 0.6) is 0 Å². The summed E-state index contributed by atoms with van der Waals surface area (Å²) in [5.41, 5.74) is 0.934. The van der Waals surface area contributed by atoms with Gasteiger partial charge in [0.1, 0.15) is 0 Å². The largest absolute Gasteiger partial charge is 0.389 e. The first-order valence-corrected chi connectivity index (χ1v) is 4.56. The number of allylic oxidation sites excluding steroid dienone is 1. The molecule has 1 rings (SSSR count). The van der Waals surface area contributed by atoms with Crippen LogP contribution in [0, 0.1) is 0 Å². The van der Waals surface area contributed by atoms with Gasteiger partial charge in [-0.1, -0.05) is 22.5 Å². The summed E-state index contributed by atoms with van der Waals surface area (Å²) in [4.78, 5) is 0. The molecule has 66 valence electrons. The van der Waals surface area contributed by atoms with E-state index in [0.717, 1.165) is 16.6 Å². The maximum atomic E-state index is 9.22. The summed E-state index contributed by atoms with van der Waals surface area (Å²) >= 11 is 3.28. The van der Waals surface area contributed by atoms with Gasteiger partial charge in [0.05, 0.1) is 12.6 Å². The first-order chi connectivity index (χ1) is 5.59. The molecule has 0 aromatic carbocycles. The van der Waals surface area contributed by atoms with Gasteiger partial charge in [0.2, 0.25) is 0 Å². The van der Waals surface area contributed by atoms with Crippen molar-refractivity contribution in [1.29, 1.82) is 0 Å². The number of halogens is 1. The van der Waals surface area contributed by atoms with E-state index in [9.17, 15) is 5.11 Å². The van der Waals surface area contributed by atoms with Gasteiger partial charge in [-0.2, -0.15) is 0 Å². The molecule has 0 saturated carbocycles. The van der Waals surface area contributed by atoms with Crippen molar-refractivity contribution >= 4 is 15.9 Å². The predicted molar refractivity (Wildman–Crippen MR) is 53.1 cm³/mol. The van der Waals surface area contributed by atoms with Crippen LogP contribution in [-0.2, 0) is 6.54 Å². The summed E-state index contributed by atoms with van der Waals surface area (Å²) in [5, 5.41) is 9.22. The van der Waals surface area contributed by atoms with Gasteiger partial charge < -0.3 is 9.67 Å². The molecule has 0 saturated heterocycles. The molecule has 0 fully saturated rings. The number of aliphatic hydroxyl groups is 1. The molecule has 0 spiro atoms. The first kappa shape index (κ1) is 9.55. The summed E-state index contributed by atoms with van der Waals surface area (Å²) in [5.74, 6) is 0. The standard InChI is InChI=1S/C9H12BrNO/c1-7(10)5-11-4-3-9(6-11)8(2)12/h3-4,6,8,12H,1,5H2,2H3. The van der Waals surface area contributed by atoms with E-state index in [1.807, 2.05) is 23.0 Å². The fourth-order valence-electron chi connectivity index (χ4n) is 1.00. The second kappa shape index (κ2) is 3.92. The van der Waals surface area contributed by atoms with E-state index in [0.29, 0.717) is 0 Å². The van der Waals surface area contributed by atoms with Gasteiger partial charge in [-0.3, -0.25) is 0 Å². The molecule has 0 aliphatic rings. The van der Waals surface area contributed by atoms with Gasteiger partial charge in [0, 0.05) is 16.9 Å². The van der Waals surface area contributed by atoms with Crippen LogP contribution >= 0.6 is 15.9 Å². The van der Waals surface area contributed by atoms with Gasteiger partial charge in [-0.15, -0.1) is 0 Å². The van der Waals surface area contributed by atoms with Crippen LogP contribution in [0.15, 0.2) is 29.5 Å². The monoisotopic (exact) mass is 229 g/mol. The summed E-state index contributed by atoms with van der Waals surface area (Å²) in [6.45, 7) is 6.23. The van der Waals surface area contributed by atoms with E-state index < -0.39 is 6.10 Å². The third-order valence-electron chi connectivity index (χ3n) is 1.61. The van der Waals surface area contributed by atoms with E-state index in [1.54, 1.807) is 6.92 Å². The lowest BCUT2D eigenvalue weighted by molar-refractivity contribution is 0.199. The Labute approximate surface area is 80.6 Å². The second-order valence-electron chi connectivity index (χ2n) is 2.81. The molecule has 1 N–H and O–H groups in total. The number of rotatable bonds is 3. The Bertz CT molecular complexity index is 278. The fraction of sp³-hybridized carbons (Fsp3) is 0.333. The number of hydrogen-bond donors (Lipinski definition) is 1. The molecule has 1 aromatic heterocycles. The van der Waals surface area contributed by atoms with Gasteiger partial charge in [0.15, 0.2) is 0 Å².